The van der Waals surface area contributed by atoms with E-state index in [0.717, 1.165) is 37.2 Å². The van der Waals surface area contributed by atoms with Gasteiger partial charge in [-0.3, -0.25) is 0 Å². The number of fused-ring (bicyclic) bond motifs is 2. The molecule has 4 aromatic rings. The van der Waals surface area contributed by atoms with E-state index in [0.29, 0.717) is 0 Å². The fraction of sp³-hybridized carbons (Fsp3) is 0.125. The number of rotatable bonds is 6. The van der Waals surface area contributed by atoms with Gasteiger partial charge in [0, 0.05) is 0 Å². The van der Waals surface area contributed by atoms with Crippen LogP contribution in [0, 0.1) is 0 Å². The van der Waals surface area contributed by atoms with Crippen LogP contribution in [0.5, 0.6) is 11.5 Å². The normalized spacial score (nSPS) is 13.9. The molecule has 0 aliphatic heterocycles. The van der Waals surface area contributed by atoms with Crippen molar-refractivity contribution in [2.45, 2.75) is 25.7 Å². The minimum Gasteiger partial charge on any atom is -0.457 e. The molecule has 160 valence electrons. The van der Waals surface area contributed by atoms with Gasteiger partial charge < -0.3 is 4.74 Å². The molecule has 2 aliphatic rings. The summed E-state index contributed by atoms with van der Waals surface area (Å²) in [4.78, 5) is 0. The average Bonchev–Trinajstić information content (AvgIpc) is 2.80. The zero-order valence-electron chi connectivity index (χ0n) is 18.6. The molecule has 0 fully saturated rings. The van der Waals surface area contributed by atoms with Gasteiger partial charge in [0.2, 0.25) is 0 Å². The highest BCUT2D eigenvalue weighted by Crippen LogP contribution is 2.42. The molecule has 4 aromatic carbocycles. The molecule has 0 bridgehead atoms. The maximum Gasteiger partial charge on any atom is 0.130 e. The van der Waals surface area contributed by atoms with E-state index in [4.69, 9.17) is 4.74 Å². The molecular weight excluding hydrogens is 400 g/mol. The Kier molecular flexibility index (Phi) is 5.16. The monoisotopic (exact) mass is 426 g/mol. The summed E-state index contributed by atoms with van der Waals surface area (Å²) in [7, 11) is 0. The fourth-order valence-electron chi connectivity index (χ4n) is 4.79. The molecule has 33 heavy (non-hydrogen) atoms. The second-order valence-electron chi connectivity index (χ2n) is 8.81. The molecular formula is C32H26O. The summed E-state index contributed by atoms with van der Waals surface area (Å²) in [5, 5.41) is 0. The van der Waals surface area contributed by atoms with Crippen LogP contribution in [0.1, 0.15) is 44.5 Å². The van der Waals surface area contributed by atoms with Crippen molar-refractivity contribution in [2.24, 2.45) is 0 Å². The summed E-state index contributed by atoms with van der Waals surface area (Å²) >= 11 is 0. The first-order valence-electron chi connectivity index (χ1n) is 11.8. The molecule has 0 spiro atoms. The minimum absolute atomic E-state index is 1.02. The average molecular weight is 427 g/mol. The molecule has 0 heterocycles. The second-order valence-corrected chi connectivity index (χ2v) is 8.81. The molecule has 1 heteroatoms. The third-order valence-corrected chi connectivity index (χ3v) is 6.83. The first-order chi connectivity index (χ1) is 16.3. The Morgan fingerprint density at radius 1 is 0.424 bits per heavy atom. The Morgan fingerprint density at radius 2 is 0.848 bits per heavy atom. The number of ether oxygens (including phenoxy) is 1. The molecule has 0 amide bonds. The third kappa shape index (κ3) is 3.91. The highest BCUT2D eigenvalue weighted by molar-refractivity contribution is 5.75. The van der Waals surface area contributed by atoms with Crippen molar-refractivity contribution in [1.82, 2.24) is 0 Å². The molecule has 0 N–H and O–H groups in total. The van der Waals surface area contributed by atoms with Crippen LogP contribution < -0.4 is 4.74 Å². The van der Waals surface area contributed by atoms with Crippen LogP contribution >= 0.6 is 0 Å². The molecule has 1 nitrogen and oxygen atoms in total. The quantitative estimate of drug-likeness (QED) is 0.284. The van der Waals surface area contributed by atoms with E-state index < -0.39 is 0 Å². The van der Waals surface area contributed by atoms with Crippen molar-refractivity contribution in [3.63, 3.8) is 0 Å². The minimum atomic E-state index is 1.02. The lowest BCUT2D eigenvalue weighted by Gasteiger charge is -2.28. The molecule has 0 saturated heterocycles. The maximum atomic E-state index is 6.49. The Morgan fingerprint density at radius 3 is 1.24 bits per heavy atom. The smallest absolute Gasteiger partial charge is 0.130 e. The lowest BCUT2D eigenvalue weighted by atomic mass is 9.82. The fourth-order valence-corrected chi connectivity index (χ4v) is 4.79. The summed E-state index contributed by atoms with van der Waals surface area (Å²) in [6.07, 6.45) is 13.3. The summed E-state index contributed by atoms with van der Waals surface area (Å²) in [6.45, 7) is 0. The van der Waals surface area contributed by atoms with Gasteiger partial charge in [0.15, 0.2) is 0 Å². The summed E-state index contributed by atoms with van der Waals surface area (Å²) < 4.78 is 6.49. The van der Waals surface area contributed by atoms with E-state index in [9.17, 15) is 0 Å². The van der Waals surface area contributed by atoms with Crippen LogP contribution in [0.25, 0.3) is 24.3 Å². The van der Waals surface area contributed by atoms with Crippen LogP contribution in [0.4, 0.5) is 0 Å². The van der Waals surface area contributed by atoms with Gasteiger partial charge in [0.05, 0.1) is 0 Å². The van der Waals surface area contributed by atoms with E-state index in [1.54, 1.807) is 0 Å². The molecule has 0 saturated carbocycles. The van der Waals surface area contributed by atoms with Gasteiger partial charge in [-0.2, -0.15) is 0 Å². The van der Waals surface area contributed by atoms with Crippen LogP contribution in [0.15, 0.2) is 84.9 Å². The molecule has 2 aliphatic carbocycles. The van der Waals surface area contributed by atoms with E-state index in [1.165, 1.54) is 44.5 Å². The lowest BCUT2D eigenvalue weighted by Crippen LogP contribution is -2.14. The van der Waals surface area contributed by atoms with Gasteiger partial charge in [0.25, 0.3) is 0 Å². The van der Waals surface area contributed by atoms with Gasteiger partial charge in [-0.25, -0.2) is 0 Å². The Labute approximate surface area is 195 Å². The van der Waals surface area contributed by atoms with Crippen molar-refractivity contribution in [2.75, 3.05) is 0 Å². The molecule has 0 unspecified atom stereocenters. The molecule has 6 rings (SSSR count). The highest BCUT2D eigenvalue weighted by atomic mass is 16.5. The van der Waals surface area contributed by atoms with Crippen LogP contribution in [0.3, 0.4) is 0 Å². The van der Waals surface area contributed by atoms with E-state index in [2.05, 4.69) is 109 Å². The first-order valence-corrected chi connectivity index (χ1v) is 11.8. The SMILES string of the molecule is C(=Cc1ccc(Oc2ccc(C=Cc3ccccc3)c3c2CC3)c2c1CC2)c1ccccc1. The second kappa shape index (κ2) is 8.60. The number of benzene rings is 4. The van der Waals surface area contributed by atoms with E-state index >= 15 is 0 Å². The van der Waals surface area contributed by atoms with Gasteiger partial charge in [0.1, 0.15) is 11.5 Å². The summed E-state index contributed by atoms with van der Waals surface area (Å²) in [6, 6.07) is 29.7. The molecule has 0 aromatic heterocycles. The topological polar surface area (TPSA) is 9.23 Å². The van der Waals surface area contributed by atoms with Crippen molar-refractivity contribution in [3.05, 3.63) is 129 Å². The van der Waals surface area contributed by atoms with Crippen molar-refractivity contribution < 1.29 is 4.74 Å². The molecule has 0 radical (unpaired) electrons. The third-order valence-electron chi connectivity index (χ3n) is 6.83. The van der Waals surface area contributed by atoms with Crippen LogP contribution in [0.2, 0.25) is 0 Å². The lowest BCUT2D eigenvalue weighted by molar-refractivity contribution is 0.458. The molecule has 0 atom stereocenters. The van der Waals surface area contributed by atoms with Crippen molar-refractivity contribution >= 4 is 24.3 Å². The zero-order valence-corrected chi connectivity index (χ0v) is 18.6. The summed E-state index contributed by atoms with van der Waals surface area (Å²) in [5.41, 5.74) is 10.7. The van der Waals surface area contributed by atoms with Gasteiger partial charge in [-0.1, -0.05) is 97.1 Å². The first kappa shape index (κ1) is 19.8. The Hall–Kier alpha value is -3.84. The standard InChI is InChI=1S/C32H26O/c1-3-7-23(8-4-1)11-13-25-15-21-31(29-19-17-27(25)29)33-32-22-16-26(28-18-20-30(28)32)14-12-24-9-5-2-6-10-24/h1-16,21-22H,17-20H2. The summed E-state index contributed by atoms with van der Waals surface area (Å²) in [5.74, 6) is 2.05. The Balaban J connectivity index is 1.23. The highest BCUT2D eigenvalue weighted by Gasteiger charge is 2.25. The van der Waals surface area contributed by atoms with Crippen molar-refractivity contribution in [1.29, 1.82) is 0 Å². The largest absolute Gasteiger partial charge is 0.457 e. The number of hydrogen-bond donors (Lipinski definition) is 0. The van der Waals surface area contributed by atoms with Gasteiger partial charge in [-0.15, -0.1) is 0 Å². The van der Waals surface area contributed by atoms with E-state index in [1.807, 2.05) is 0 Å². The van der Waals surface area contributed by atoms with Gasteiger partial charge >= 0.3 is 0 Å². The maximum absolute atomic E-state index is 6.49. The van der Waals surface area contributed by atoms with E-state index in [-0.39, 0.29) is 0 Å². The predicted octanol–water partition coefficient (Wildman–Crippen LogP) is 8.02. The zero-order chi connectivity index (χ0) is 22.0. The van der Waals surface area contributed by atoms with Gasteiger partial charge in [-0.05, 0) is 82.3 Å². The van der Waals surface area contributed by atoms with Crippen LogP contribution in [-0.4, -0.2) is 0 Å². The Bertz CT molecular complexity index is 1250. The predicted molar refractivity (Wildman–Crippen MR) is 139 cm³/mol. The van der Waals surface area contributed by atoms with Crippen LogP contribution in [-0.2, 0) is 25.7 Å². The van der Waals surface area contributed by atoms with Crippen molar-refractivity contribution in [3.8, 4) is 11.5 Å². The number of hydrogen-bond acceptors (Lipinski definition) is 1.